The van der Waals surface area contributed by atoms with Crippen LogP contribution in [0.4, 0.5) is 16.3 Å². The molecule has 2 aromatic carbocycles. The Morgan fingerprint density at radius 2 is 1.82 bits per heavy atom. The van der Waals surface area contributed by atoms with E-state index in [1.165, 1.54) is 10.9 Å². The highest BCUT2D eigenvalue weighted by atomic mass is 19.1. The highest BCUT2D eigenvalue weighted by molar-refractivity contribution is 5.89. The Morgan fingerprint density at radius 1 is 1.06 bits per heavy atom. The lowest BCUT2D eigenvalue weighted by Crippen LogP contribution is -2.17. The fraction of sp³-hybridized carbons (Fsp3) is 0.190. The molecule has 0 aliphatic rings. The molecule has 0 saturated heterocycles. The number of esters is 1. The van der Waals surface area contributed by atoms with Crippen molar-refractivity contribution in [3.05, 3.63) is 77.1 Å². The molecule has 0 atom stereocenters. The molecule has 0 amide bonds. The van der Waals surface area contributed by atoms with Crippen LogP contribution in [0.5, 0.6) is 0 Å². The van der Waals surface area contributed by atoms with Crippen LogP contribution in [0.1, 0.15) is 27.6 Å². The molecule has 0 saturated carbocycles. The molecular weight excluding hydrogens is 429 g/mol. The van der Waals surface area contributed by atoms with E-state index in [-0.39, 0.29) is 30.6 Å². The van der Waals surface area contributed by atoms with E-state index in [4.69, 9.17) is 10.5 Å². The summed E-state index contributed by atoms with van der Waals surface area (Å²) in [5, 5.41) is 12.2. The zero-order chi connectivity index (χ0) is 23.4. The summed E-state index contributed by atoms with van der Waals surface area (Å²) >= 11 is 0. The van der Waals surface area contributed by atoms with Crippen molar-refractivity contribution in [1.29, 1.82) is 0 Å². The molecule has 0 radical (unpaired) electrons. The van der Waals surface area contributed by atoms with Crippen LogP contribution >= 0.6 is 0 Å². The summed E-state index contributed by atoms with van der Waals surface area (Å²) in [7, 11) is 3.53. The number of carbonyl (C=O) groups is 1. The summed E-state index contributed by atoms with van der Waals surface area (Å²) in [6.07, 6.45) is 0.216. The monoisotopic (exact) mass is 449 g/mol. The SMILES string of the molecule is CN(C)c1nc(N)nc(COC(=O)c2ccc(-n3nnc(Cc4ccccc4F)n3)cc2)n1. The number of nitrogens with two attached hydrogens (primary N) is 1. The minimum absolute atomic E-state index is 0.0406. The Bertz CT molecular complexity index is 1270. The van der Waals surface area contributed by atoms with E-state index in [2.05, 4.69) is 30.4 Å². The first-order valence-corrected chi connectivity index (χ1v) is 9.86. The number of ether oxygens (including phenoxy) is 1. The second-order valence-corrected chi connectivity index (χ2v) is 7.19. The summed E-state index contributed by atoms with van der Waals surface area (Å²) in [6.45, 7) is -0.155. The lowest BCUT2D eigenvalue weighted by molar-refractivity contribution is 0.0462. The third-order valence-electron chi connectivity index (χ3n) is 4.51. The standard InChI is InChI=1S/C21H20FN9O2/c1-30(2)21-25-18(24-20(23)26-21)12-33-19(32)13-7-9-15(10-8-13)31-28-17(27-29-31)11-14-5-3-4-6-16(14)22/h3-10H,11-12H2,1-2H3,(H2,23,24,25,26). The van der Waals surface area contributed by atoms with Crippen LogP contribution in [0.3, 0.4) is 0 Å². The molecule has 0 aliphatic carbocycles. The van der Waals surface area contributed by atoms with Crippen LogP contribution in [0.2, 0.25) is 0 Å². The third kappa shape index (κ3) is 5.23. The molecule has 4 rings (SSSR count). The number of anilines is 2. The van der Waals surface area contributed by atoms with Gasteiger partial charge in [-0.2, -0.15) is 15.0 Å². The van der Waals surface area contributed by atoms with Gasteiger partial charge in [0.1, 0.15) is 5.82 Å². The highest BCUT2D eigenvalue weighted by Crippen LogP contribution is 2.13. The third-order valence-corrected chi connectivity index (χ3v) is 4.51. The van der Waals surface area contributed by atoms with Crippen molar-refractivity contribution in [2.45, 2.75) is 13.0 Å². The number of aromatic nitrogens is 7. The first-order chi connectivity index (χ1) is 15.9. The number of nitrogens with zero attached hydrogens (tertiary/aromatic N) is 8. The van der Waals surface area contributed by atoms with E-state index in [1.54, 1.807) is 61.5 Å². The predicted molar refractivity (Wildman–Crippen MR) is 116 cm³/mol. The minimum atomic E-state index is -0.557. The van der Waals surface area contributed by atoms with E-state index in [0.717, 1.165) is 0 Å². The van der Waals surface area contributed by atoms with Gasteiger partial charge in [-0.05, 0) is 41.1 Å². The molecule has 168 valence electrons. The van der Waals surface area contributed by atoms with Gasteiger partial charge in [0.05, 0.1) is 11.3 Å². The van der Waals surface area contributed by atoms with Crippen molar-refractivity contribution >= 4 is 17.9 Å². The van der Waals surface area contributed by atoms with Gasteiger partial charge in [-0.3, -0.25) is 0 Å². The molecular formula is C21H20FN9O2. The lowest BCUT2D eigenvalue weighted by Gasteiger charge is -2.11. The van der Waals surface area contributed by atoms with Crippen LogP contribution < -0.4 is 10.6 Å². The van der Waals surface area contributed by atoms with Crippen LogP contribution in [-0.2, 0) is 17.8 Å². The summed E-state index contributed by atoms with van der Waals surface area (Å²) < 4.78 is 19.1. The second kappa shape index (κ2) is 9.34. The molecule has 0 spiro atoms. The molecule has 0 bridgehead atoms. The molecule has 33 heavy (non-hydrogen) atoms. The van der Waals surface area contributed by atoms with E-state index >= 15 is 0 Å². The molecule has 11 nitrogen and oxygen atoms in total. The van der Waals surface area contributed by atoms with Crippen LogP contribution in [-0.4, -0.2) is 55.2 Å². The van der Waals surface area contributed by atoms with Gasteiger partial charge >= 0.3 is 5.97 Å². The van der Waals surface area contributed by atoms with E-state index in [0.29, 0.717) is 28.6 Å². The topological polar surface area (TPSA) is 138 Å². The minimum Gasteiger partial charge on any atom is -0.454 e. The number of rotatable bonds is 7. The molecule has 2 N–H and O–H groups in total. The average Bonchev–Trinajstić information content (AvgIpc) is 3.27. The Hall–Kier alpha value is -4.48. The van der Waals surface area contributed by atoms with Gasteiger partial charge in [-0.15, -0.1) is 15.0 Å². The highest BCUT2D eigenvalue weighted by Gasteiger charge is 2.13. The van der Waals surface area contributed by atoms with Crippen molar-refractivity contribution in [3.63, 3.8) is 0 Å². The van der Waals surface area contributed by atoms with Crippen LogP contribution in [0.25, 0.3) is 5.69 Å². The lowest BCUT2D eigenvalue weighted by atomic mass is 10.1. The fourth-order valence-corrected chi connectivity index (χ4v) is 2.87. The summed E-state index contributed by atoms with van der Waals surface area (Å²) in [6, 6.07) is 12.9. The van der Waals surface area contributed by atoms with Crippen LogP contribution in [0.15, 0.2) is 48.5 Å². The summed E-state index contributed by atoms with van der Waals surface area (Å²) in [4.78, 5) is 27.5. The number of nitrogen functional groups attached to an aromatic ring is 1. The Morgan fingerprint density at radius 3 is 2.55 bits per heavy atom. The van der Waals surface area contributed by atoms with Crippen molar-refractivity contribution in [1.82, 2.24) is 35.2 Å². The number of carbonyl (C=O) groups excluding carboxylic acids is 1. The molecule has 0 unspecified atom stereocenters. The number of halogens is 1. The first kappa shape index (κ1) is 21.7. The van der Waals surface area contributed by atoms with Gasteiger partial charge in [-0.1, -0.05) is 18.2 Å². The zero-order valence-electron chi connectivity index (χ0n) is 17.9. The maximum absolute atomic E-state index is 13.8. The zero-order valence-corrected chi connectivity index (χ0v) is 17.9. The first-order valence-electron chi connectivity index (χ1n) is 9.86. The van der Waals surface area contributed by atoms with Crippen molar-refractivity contribution in [2.24, 2.45) is 0 Å². The fourth-order valence-electron chi connectivity index (χ4n) is 2.87. The largest absolute Gasteiger partial charge is 0.454 e. The predicted octanol–water partition coefficient (Wildman–Crippen LogP) is 1.58. The van der Waals surface area contributed by atoms with Gasteiger partial charge < -0.3 is 15.4 Å². The van der Waals surface area contributed by atoms with Gasteiger partial charge in [0, 0.05) is 20.5 Å². The molecule has 4 aromatic rings. The molecule has 2 aromatic heterocycles. The molecule has 0 aliphatic heterocycles. The number of benzene rings is 2. The summed E-state index contributed by atoms with van der Waals surface area (Å²) in [5.41, 5.74) is 7.05. The number of tetrazole rings is 1. The molecule has 2 heterocycles. The van der Waals surface area contributed by atoms with Crippen molar-refractivity contribution < 1.29 is 13.9 Å². The Labute approximate surface area is 188 Å². The Balaban J connectivity index is 1.40. The molecule has 0 fully saturated rings. The Kier molecular flexibility index (Phi) is 6.15. The van der Waals surface area contributed by atoms with Gasteiger partial charge in [0.25, 0.3) is 0 Å². The van der Waals surface area contributed by atoms with Crippen molar-refractivity contribution in [3.8, 4) is 5.69 Å². The van der Waals surface area contributed by atoms with Gasteiger partial charge in [0.2, 0.25) is 11.9 Å². The van der Waals surface area contributed by atoms with Crippen molar-refractivity contribution in [2.75, 3.05) is 24.7 Å². The quantitative estimate of drug-likeness (QED) is 0.414. The van der Waals surface area contributed by atoms with E-state index in [1.807, 2.05) is 0 Å². The number of hydrogen-bond acceptors (Lipinski definition) is 10. The normalized spacial score (nSPS) is 10.8. The van der Waals surface area contributed by atoms with Crippen LogP contribution in [0, 0.1) is 5.82 Å². The smallest absolute Gasteiger partial charge is 0.338 e. The number of hydrogen-bond donors (Lipinski definition) is 1. The van der Waals surface area contributed by atoms with E-state index in [9.17, 15) is 9.18 Å². The van der Waals surface area contributed by atoms with Gasteiger partial charge in [-0.25, -0.2) is 9.18 Å². The average molecular weight is 449 g/mol. The second-order valence-electron chi connectivity index (χ2n) is 7.19. The van der Waals surface area contributed by atoms with Gasteiger partial charge in [0.15, 0.2) is 18.3 Å². The van der Waals surface area contributed by atoms with E-state index < -0.39 is 5.97 Å². The summed E-state index contributed by atoms with van der Waals surface area (Å²) in [5.74, 6) is 0.141. The molecule has 12 heteroatoms. The maximum atomic E-state index is 13.8. The maximum Gasteiger partial charge on any atom is 0.338 e.